The van der Waals surface area contributed by atoms with Crippen LogP contribution in [0.15, 0.2) is 17.1 Å². The average molecular weight is 551 g/mol. The van der Waals surface area contributed by atoms with E-state index in [0.29, 0.717) is 19.8 Å². The summed E-state index contributed by atoms with van der Waals surface area (Å²) in [4.78, 5) is 9.82. The predicted octanol–water partition coefficient (Wildman–Crippen LogP) is 7.46. The van der Waals surface area contributed by atoms with Crippen molar-refractivity contribution in [2.24, 2.45) is 0 Å². The number of phosphoric ester groups is 1. The highest BCUT2D eigenvalue weighted by Crippen LogP contribution is 2.43. The minimum absolute atomic E-state index is 0.0468. The summed E-state index contributed by atoms with van der Waals surface area (Å²) in [5.41, 5.74) is 1.91. The molecule has 36 heavy (non-hydrogen) atoms. The molecule has 0 bridgehead atoms. The van der Waals surface area contributed by atoms with Crippen LogP contribution in [0.25, 0.3) is 0 Å². The Labute approximate surface area is 224 Å². The van der Waals surface area contributed by atoms with E-state index in [9.17, 15) is 9.46 Å². The lowest BCUT2D eigenvalue weighted by molar-refractivity contribution is -0.693. The van der Waals surface area contributed by atoms with E-state index in [2.05, 4.69) is 6.92 Å². The molecule has 0 saturated carbocycles. The summed E-state index contributed by atoms with van der Waals surface area (Å²) in [6.45, 7) is 3.83. The first kappa shape index (κ1) is 33.7. The molecular formula is C27H53NO6PS+. The van der Waals surface area contributed by atoms with Crippen LogP contribution in [-0.4, -0.2) is 44.5 Å². The first-order chi connectivity index (χ1) is 17.6. The number of phosphoric acid groups is 1. The van der Waals surface area contributed by atoms with E-state index in [1.54, 1.807) is 18.4 Å². The van der Waals surface area contributed by atoms with Crippen molar-refractivity contribution in [3.63, 3.8) is 0 Å². The Morgan fingerprint density at radius 2 is 1.36 bits per heavy atom. The molecule has 0 aliphatic carbocycles. The third kappa shape index (κ3) is 20.7. The second-order valence-corrected chi connectivity index (χ2v) is 11.8. The summed E-state index contributed by atoms with van der Waals surface area (Å²) < 4.78 is 35.0. The summed E-state index contributed by atoms with van der Waals surface area (Å²) >= 11 is 1.55. The summed E-state index contributed by atoms with van der Waals surface area (Å²) in [6, 6.07) is 0. The first-order valence-electron chi connectivity index (χ1n) is 14.2. The molecule has 0 radical (unpaired) electrons. The van der Waals surface area contributed by atoms with E-state index in [1.165, 1.54) is 96.3 Å². The van der Waals surface area contributed by atoms with E-state index in [0.717, 1.165) is 6.42 Å². The van der Waals surface area contributed by atoms with Crippen molar-refractivity contribution in [1.82, 2.24) is 0 Å². The fourth-order valence-electron chi connectivity index (χ4n) is 4.02. The van der Waals surface area contributed by atoms with Gasteiger partial charge in [0.25, 0.3) is 0 Å². The van der Waals surface area contributed by atoms with Crippen LogP contribution in [0, 0.1) is 0 Å². The van der Waals surface area contributed by atoms with E-state index in [4.69, 9.17) is 18.5 Å². The lowest BCUT2D eigenvalue weighted by Gasteiger charge is -2.17. The zero-order valence-corrected chi connectivity index (χ0v) is 24.7. The molecule has 0 saturated heterocycles. The van der Waals surface area contributed by atoms with Gasteiger partial charge in [-0.15, -0.1) is 0 Å². The zero-order chi connectivity index (χ0) is 26.2. The number of nitrogens with zero attached hydrogens (tertiary/aromatic N) is 1. The largest absolute Gasteiger partial charge is 0.472 e. The van der Waals surface area contributed by atoms with Gasteiger partial charge in [-0.1, -0.05) is 115 Å². The topological polar surface area (TPSA) is 78.1 Å². The number of ether oxygens (including phenoxy) is 2. The summed E-state index contributed by atoms with van der Waals surface area (Å²) in [7, 11) is -2.56. The standard InChI is InChI=1S/C27H52NO6PS/c1-3-4-5-6-7-8-9-10-11-12-13-14-15-16-17-18-21-32-24-27(31-2)25-34-35(29,30)33-22-19-28-20-23-36-26-28/h20,23,26-27H,3-19,21-22,24-25H2,1-2H3/p+1. The van der Waals surface area contributed by atoms with Gasteiger partial charge in [0, 0.05) is 13.7 Å². The molecule has 1 aromatic heterocycles. The average Bonchev–Trinajstić information content (AvgIpc) is 3.38. The molecule has 9 heteroatoms. The van der Waals surface area contributed by atoms with Crippen LogP contribution in [-0.2, 0) is 29.6 Å². The lowest BCUT2D eigenvalue weighted by Crippen LogP contribution is -2.32. The van der Waals surface area contributed by atoms with Crippen molar-refractivity contribution in [2.75, 3.05) is 33.5 Å². The molecule has 212 valence electrons. The molecule has 0 fully saturated rings. The molecule has 1 rings (SSSR count). The SMILES string of the molecule is CCCCCCCCCCCCCCCCCCOCC(COP(=O)(O)OCC[n+]1ccsc1)OC. The molecule has 1 heterocycles. The van der Waals surface area contributed by atoms with Gasteiger partial charge in [0.05, 0.1) is 18.6 Å². The van der Waals surface area contributed by atoms with Gasteiger partial charge < -0.3 is 14.4 Å². The molecule has 0 aliphatic heterocycles. The Balaban J connectivity index is 1.86. The number of hydrogen-bond donors (Lipinski definition) is 1. The quantitative estimate of drug-likeness (QED) is 0.0696. The normalized spacial score (nSPS) is 14.2. The van der Waals surface area contributed by atoms with Gasteiger partial charge in [0.15, 0.2) is 12.7 Å². The Hall–Kier alpha value is -0.340. The number of hydrogen-bond acceptors (Lipinski definition) is 6. The maximum absolute atomic E-state index is 12.0. The van der Waals surface area contributed by atoms with E-state index >= 15 is 0 Å². The van der Waals surface area contributed by atoms with Crippen molar-refractivity contribution < 1.29 is 32.5 Å². The van der Waals surface area contributed by atoms with Gasteiger partial charge >= 0.3 is 7.82 Å². The highest BCUT2D eigenvalue weighted by molar-refractivity contribution is 7.47. The van der Waals surface area contributed by atoms with Gasteiger partial charge in [-0.25, -0.2) is 4.57 Å². The Bertz CT molecular complexity index is 634. The van der Waals surface area contributed by atoms with Gasteiger partial charge in [-0.3, -0.25) is 9.05 Å². The zero-order valence-electron chi connectivity index (χ0n) is 22.9. The second kappa shape index (κ2) is 23.8. The van der Waals surface area contributed by atoms with Crippen LogP contribution < -0.4 is 4.57 Å². The second-order valence-electron chi connectivity index (χ2n) is 9.60. The molecule has 2 unspecified atom stereocenters. The maximum Gasteiger partial charge on any atom is 0.472 e. The smallest absolute Gasteiger partial charge is 0.379 e. The van der Waals surface area contributed by atoms with Crippen LogP contribution in [0.2, 0.25) is 0 Å². The minimum atomic E-state index is -4.10. The number of unbranched alkanes of at least 4 members (excludes halogenated alkanes) is 15. The third-order valence-electron chi connectivity index (χ3n) is 6.33. The van der Waals surface area contributed by atoms with Gasteiger partial charge in [0.1, 0.15) is 12.7 Å². The number of thiazole rings is 1. The molecule has 1 N–H and O–H groups in total. The van der Waals surface area contributed by atoms with Crippen LogP contribution >= 0.6 is 19.2 Å². The molecule has 0 aromatic carbocycles. The minimum Gasteiger partial charge on any atom is -0.379 e. The van der Waals surface area contributed by atoms with Crippen molar-refractivity contribution in [3.8, 4) is 0 Å². The third-order valence-corrected chi connectivity index (χ3v) is 7.99. The van der Waals surface area contributed by atoms with Crippen LogP contribution in [0.5, 0.6) is 0 Å². The molecular weight excluding hydrogens is 497 g/mol. The van der Waals surface area contributed by atoms with E-state index < -0.39 is 13.9 Å². The van der Waals surface area contributed by atoms with E-state index in [-0.39, 0.29) is 13.2 Å². The Morgan fingerprint density at radius 3 is 1.86 bits per heavy atom. The number of aromatic nitrogens is 1. The van der Waals surface area contributed by atoms with Gasteiger partial charge in [-0.05, 0) is 6.42 Å². The molecule has 7 nitrogen and oxygen atoms in total. The highest BCUT2D eigenvalue weighted by Gasteiger charge is 2.24. The van der Waals surface area contributed by atoms with E-state index in [1.807, 2.05) is 21.7 Å². The van der Waals surface area contributed by atoms with Gasteiger partial charge in [-0.2, -0.15) is 4.57 Å². The first-order valence-corrected chi connectivity index (χ1v) is 16.6. The summed E-state index contributed by atoms with van der Waals surface area (Å²) in [5.74, 6) is 0. The van der Waals surface area contributed by atoms with Crippen LogP contribution in [0.4, 0.5) is 0 Å². The van der Waals surface area contributed by atoms with Crippen molar-refractivity contribution in [3.05, 3.63) is 17.1 Å². The Morgan fingerprint density at radius 1 is 0.806 bits per heavy atom. The summed E-state index contributed by atoms with van der Waals surface area (Å²) in [6.07, 6.45) is 23.0. The van der Waals surface area contributed by atoms with Crippen molar-refractivity contribution in [2.45, 2.75) is 122 Å². The van der Waals surface area contributed by atoms with Crippen molar-refractivity contribution >= 4 is 19.2 Å². The molecule has 0 spiro atoms. The summed E-state index contributed by atoms with van der Waals surface area (Å²) in [5, 5.41) is 1.93. The lowest BCUT2D eigenvalue weighted by atomic mass is 10.0. The molecule has 0 aliphatic rings. The van der Waals surface area contributed by atoms with Crippen molar-refractivity contribution in [1.29, 1.82) is 0 Å². The molecule has 2 atom stereocenters. The molecule has 0 amide bonds. The number of rotatable bonds is 27. The Kier molecular flexibility index (Phi) is 22.2. The van der Waals surface area contributed by atoms with Crippen LogP contribution in [0.3, 0.4) is 0 Å². The van der Waals surface area contributed by atoms with Crippen LogP contribution in [0.1, 0.15) is 110 Å². The predicted molar refractivity (Wildman–Crippen MR) is 147 cm³/mol. The maximum atomic E-state index is 12.0. The molecule has 1 aromatic rings. The fourth-order valence-corrected chi connectivity index (χ4v) is 5.39. The number of methoxy groups -OCH3 is 1. The van der Waals surface area contributed by atoms with Gasteiger partial charge in [0.2, 0.25) is 5.51 Å². The highest BCUT2D eigenvalue weighted by atomic mass is 32.1. The fraction of sp³-hybridized carbons (Fsp3) is 0.889. The monoisotopic (exact) mass is 550 g/mol.